The zero-order chi connectivity index (χ0) is 25.6. The zero-order valence-electron chi connectivity index (χ0n) is 19.4. The summed E-state index contributed by atoms with van der Waals surface area (Å²) in [6.45, 7) is 3.61. The van der Waals surface area contributed by atoms with Crippen molar-refractivity contribution in [2.75, 3.05) is 29.9 Å². The van der Waals surface area contributed by atoms with E-state index in [1.807, 2.05) is 13.8 Å². The van der Waals surface area contributed by atoms with Crippen LogP contribution in [0.5, 0.6) is 5.75 Å². The van der Waals surface area contributed by atoms with Gasteiger partial charge in [0.15, 0.2) is 0 Å². The zero-order valence-corrected chi connectivity index (χ0v) is 21.0. The number of amides is 1. The number of carbonyl (C=O) groups excluding carboxylic acids is 2. The number of halogens is 1. The van der Waals surface area contributed by atoms with Crippen LogP contribution in [0.3, 0.4) is 0 Å². The summed E-state index contributed by atoms with van der Waals surface area (Å²) in [6, 6.07) is 17.0. The van der Waals surface area contributed by atoms with Gasteiger partial charge in [-0.05, 0) is 68.4 Å². The third kappa shape index (κ3) is 6.32. The number of nitrogens with one attached hydrogen (secondary N) is 1. The molecule has 3 rings (SSSR count). The lowest BCUT2D eigenvalue weighted by molar-refractivity contribution is -0.114. The van der Waals surface area contributed by atoms with Crippen molar-refractivity contribution < 1.29 is 27.5 Å². The molecule has 1 amide bonds. The average molecular weight is 517 g/mol. The lowest BCUT2D eigenvalue weighted by Crippen LogP contribution is -2.38. The summed E-state index contributed by atoms with van der Waals surface area (Å²) >= 11 is 6.18. The van der Waals surface area contributed by atoms with Crippen LogP contribution in [-0.4, -0.2) is 40.6 Å². The summed E-state index contributed by atoms with van der Waals surface area (Å²) in [6.07, 6.45) is 0. The molecule has 0 fully saturated rings. The Hall–Kier alpha value is -3.56. The smallest absolute Gasteiger partial charge is 0.337 e. The molecule has 8 nitrogen and oxygen atoms in total. The van der Waals surface area contributed by atoms with Crippen molar-refractivity contribution in [1.29, 1.82) is 0 Å². The second-order valence-electron chi connectivity index (χ2n) is 7.49. The molecular weight excluding hydrogens is 492 g/mol. The number of rotatable bonds is 9. The van der Waals surface area contributed by atoms with Crippen LogP contribution in [0.2, 0.25) is 5.02 Å². The lowest BCUT2D eigenvalue weighted by atomic mass is 10.2. The van der Waals surface area contributed by atoms with Crippen LogP contribution in [0.1, 0.15) is 22.8 Å². The van der Waals surface area contributed by atoms with Crippen LogP contribution in [-0.2, 0) is 19.6 Å². The molecule has 3 aromatic carbocycles. The molecule has 0 bridgehead atoms. The highest BCUT2D eigenvalue weighted by atomic mass is 35.5. The first kappa shape index (κ1) is 26.1. The van der Waals surface area contributed by atoms with Crippen molar-refractivity contribution >= 4 is 44.9 Å². The van der Waals surface area contributed by atoms with Gasteiger partial charge in [0.2, 0.25) is 5.91 Å². The first-order valence-electron chi connectivity index (χ1n) is 10.7. The van der Waals surface area contributed by atoms with Crippen molar-refractivity contribution in [1.82, 2.24) is 0 Å². The number of aryl methyl sites for hydroxylation is 1. The fourth-order valence-corrected chi connectivity index (χ4v) is 4.80. The maximum absolute atomic E-state index is 13.5. The van der Waals surface area contributed by atoms with Gasteiger partial charge in [-0.1, -0.05) is 29.3 Å². The molecule has 10 heteroatoms. The monoisotopic (exact) mass is 516 g/mol. The SMILES string of the molecule is CCOc1ccc(N(CC(=O)Nc2cc(C(=O)OC)ccc2Cl)S(=O)(=O)c2ccc(C)cc2)cc1. The summed E-state index contributed by atoms with van der Waals surface area (Å²) in [4.78, 5) is 24.9. The first-order valence-corrected chi connectivity index (χ1v) is 12.5. The van der Waals surface area contributed by atoms with Crippen LogP contribution in [0, 0.1) is 6.92 Å². The Morgan fingerprint density at radius 2 is 1.66 bits per heavy atom. The highest BCUT2D eigenvalue weighted by molar-refractivity contribution is 7.92. The number of carbonyl (C=O) groups is 2. The van der Waals surface area contributed by atoms with Crippen LogP contribution in [0.25, 0.3) is 0 Å². The predicted molar refractivity (Wildman–Crippen MR) is 135 cm³/mol. The van der Waals surface area contributed by atoms with E-state index in [1.165, 1.54) is 37.4 Å². The van der Waals surface area contributed by atoms with E-state index in [1.54, 1.807) is 36.4 Å². The second-order valence-corrected chi connectivity index (χ2v) is 9.76. The number of nitrogens with zero attached hydrogens (tertiary/aromatic N) is 1. The molecule has 0 atom stereocenters. The number of methoxy groups -OCH3 is 1. The minimum atomic E-state index is -4.09. The standard InChI is InChI=1S/C25H25ClN2O6S/c1-4-34-20-10-8-19(9-11-20)28(35(31,32)21-12-5-17(2)6-13-21)16-24(29)27-23-15-18(25(30)33-3)7-14-22(23)26/h5-15H,4,16H2,1-3H3,(H,27,29). The summed E-state index contributed by atoms with van der Waals surface area (Å²) < 4.78 is 38.2. The van der Waals surface area contributed by atoms with Crippen molar-refractivity contribution in [3.8, 4) is 5.75 Å². The van der Waals surface area contributed by atoms with Gasteiger partial charge in [0.1, 0.15) is 12.3 Å². The largest absolute Gasteiger partial charge is 0.494 e. The summed E-state index contributed by atoms with van der Waals surface area (Å²) in [7, 11) is -2.86. The minimum absolute atomic E-state index is 0.0375. The molecular formula is C25H25ClN2O6S. The molecule has 0 heterocycles. The molecule has 1 N–H and O–H groups in total. The number of hydrogen-bond donors (Lipinski definition) is 1. The van der Waals surface area contributed by atoms with Gasteiger partial charge < -0.3 is 14.8 Å². The Balaban J connectivity index is 1.94. The molecule has 0 aliphatic heterocycles. The summed E-state index contributed by atoms with van der Waals surface area (Å²) in [5, 5.41) is 2.77. The van der Waals surface area contributed by atoms with Gasteiger partial charge in [-0.2, -0.15) is 0 Å². The first-order chi connectivity index (χ1) is 16.6. The third-order valence-corrected chi connectivity index (χ3v) is 7.11. The summed E-state index contributed by atoms with van der Waals surface area (Å²) in [5.41, 5.74) is 1.51. The maximum atomic E-state index is 13.5. The Morgan fingerprint density at radius 1 is 1.00 bits per heavy atom. The van der Waals surface area contributed by atoms with E-state index in [2.05, 4.69) is 5.32 Å². The number of esters is 1. The molecule has 35 heavy (non-hydrogen) atoms. The normalized spacial score (nSPS) is 11.0. The number of sulfonamides is 1. The quantitative estimate of drug-likeness (QED) is 0.415. The van der Waals surface area contributed by atoms with Crippen LogP contribution in [0.15, 0.2) is 71.6 Å². The molecule has 0 saturated carbocycles. The topological polar surface area (TPSA) is 102 Å². The maximum Gasteiger partial charge on any atom is 0.337 e. The van der Waals surface area contributed by atoms with E-state index in [0.29, 0.717) is 12.4 Å². The lowest BCUT2D eigenvalue weighted by Gasteiger charge is -2.24. The number of benzene rings is 3. The fourth-order valence-electron chi connectivity index (χ4n) is 3.21. The molecule has 0 aliphatic carbocycles. The molecule has 0 unspecified atom stereocenters. The Kier molecular flexibility index (Phi) is 8.37. The van der Waals surface area contributed by atoms with Crippen molar-refractivity contribution in [2.45, 2.75) is 18.7 Å². The minimum Gasteiger partial charge on any atom is -0.494 e. The van der Waals surface area contributed by atoms with E-state index < -0.39 is 28.4 Å². The van der Waals surface area contributed by atoms with E-state index in [0.717, 1.165) is 9.87 Å². The Morgan fingerprint density at radius 3 is 2.26 bits per heavy atom. The third-order valence-electron chi connectivity index (χ3n) is 4.99. The van der Waals surface area contributed by atoms with Crippen molar-refractivity contribution in [3.63, 3.8) is 0 Å². The van der Waals surface area contributed by atoms with Crippen molar-refractivity contribution in [2.24, 2.45) is 0 Å². The molecule has 3 aromatic rings. The Bertz CT molecular complexity index is 1310. The van der Waals surface area contributed by atoms with E-state index in [-0.39, 0.29) is 26.9 Å². The summed E-state index contributed by atoms with van der Waals surface area (Å²) in [5.74, 6) is -0.687. The number of anilines is 2. The fraction of sp³-hybridized carbons (Fsp3) is 0.200. The van der Waals surface area contributed by atoms with E-state index in [4.69, 9.17) is 21.1 Å². The average Bonchev–Trinajstić information content (AvgIpc) is 2.84. The molecule has 184 valence electrons. The molecule has 0 saturated heterocycles. The van der Waals surface area contributed by atoms with Gasteiger partial charge in [-0.25, -0.2) is 13.2 Å². The van der Waals surface area contributed by atoms with E-state index >= 15 is 0 Å². The van der Waals surface area contributed by atoms with Crippen LogP contribution >= 0.6 is 11.6 Å². The van der Waals surface area contributed by atoms with Gasteiger partial charge in [0, 0.05) is 0 Å². The van der Waals surface area contributed by atoms with E-state index in [9.17, 15) is 18.0 Å². The molecule has 0 aromatic heterocycles. The Labute approximate surface area is 209 Å². The highest BCUT2D eigenvalue weighted by Crippen LogP contribution is 2.27. The van der Waals surface area contributed by atoms with Gasteiger partial charge in [0.05, 0.1) is 40.6 Å². The highest BCUT2D eigenvalue weighted by Gasteiger charge is 2.27. The second kappa shape index (κ2) is 11.2. The molecule has 0 spiro atoms. The van der Waals surface area contributed by atoms with Crippen LogP contribution < -0.4 is 14.4 Å². The van der Waals surface area contributed by atoms with Gasteiger partial charge in [0.25, 0.3) is 10.0 Å². The molecule has 0 aliphatic rings. The van der Waals surface area contributed by atoms with Gasteiger partial charge in [-0.15, -0.1) is 0 Å². The van der Waals surface area contributed by atoms with Crippen molar-refractivity contribution in [3.05, 3.63) is 82.9 Å². The van der Waals surface area contributed by atoms with Gasteiger partial charge >= 0.3 is 5.97 Å². The molecule has 0 radical (unpaired) electrons. The number of ether oxygens (including phenoxy) is 2. The van der Waals surface area contributed by atoms with Crippen LogP contribution in [0.4, 0.5) is 11.4 Å². The number of hydrogen-bond acceptors (Lipinski definition) is 6. The predicted octanol–water partition coefficient (Wildman–Crippen LogP) is 4.67. The van der Waals surface area contributed by atoms with Gasteiger partial charge in [-0.3, -0.25) is 9.10 Å².